The molecule has 0 saturated carbocycles. The Kier molecular flexibility index (Phi) is 35.3. The minimum Gasteiger partial charge on any atom is -0.548 e. The van der Waals surface area contributed by atoms with Gasteiger partial charge in [0.1, 0.15) is 78.4 Å². The van der Waals surface area contributed by atoms with E-state index in [9.17, 15) is 113 Å². The van der Waals surface area contributed by atoms with Gasteiger partial charge in [0.05, 0.1) is 82.2 Å². The Bertz CT molecular complexity index is 4200. The molecule has 118 heavy (non-hydrogen) atoms. The number of β-amino-alcohol motifs (C(OH)–C–C–N with tert-alkyl or cyclic N) is 1. The molecule has 0 spiro atoms. The number of carboxylic acids is 1. The third-order valence-corrected chi connectivity index (χ3v) is 20.1. The van der Waals surface area contributed by atoms with E-state index in [4.69, 9.17) is 16.2 Å². The number of aliphatic hydroxyl groups excluding tert-OH is 9. The fourth-order valence-corrected chi connectivity index (χ4v) is 13.3. The molecule has 1 saturated heterocycles. The number of aliphatic carboxylic acids is 1. The number of amides is 14. The number of carbonyl (C=O) groups excluding carboxylic acids is 15. The Balaban J connectivity index is 1.41. The van der Waals surface area contributed by atoms with E-state index in [-0.39, 0.29) is 17.0 Å². The first-order chi connectivity index (χ1) is 55.9. The van der Waals surface area contributed by atoms with E-state index in [1.54, 1.807) is 79.7 Å². The summed E-state index contributed by atoms with van der Waals surface area (Å²) in [5.74, 6) is -22.7. The van der Waals surface area contributed by atoms with Gasteiger partial charge in [-0.15, -0.1) is 0 Å². The molecule has 14 amide bonds. The van der Waals surface area contributed by atoms with Crippen molar-refractivity contribution in [1.82, 2.24) is 68.7 Å². The Morgan fingerprint density at radius 1 is 0.627 bits per heavy atom. The van der Waals surface area contributed by atoms with Gasteiger partial charge < -0.3 is 141 Å². The number of hydrogen-bond acceptors (Lipinski definition) is 27. The molecule has 4 aliphatic rings. The summed E-state index contributed by atoms with van der Waals surface area (Å²) in [5.41, 5.74) is 12.7. The van der Waals surface area contributed by atoms with Crippen molar-refractivity contribution in [3.05, 3.63) is 136 Å². The lowest BCUT2D eigenvalue weighted by Crippen LogP contribution is -3.16. The van der Waals surface area contributed by atoms with Gasteiger partial charge in [-0.2, -0.15) is 0 Å². The summed E-state index contributed by atoms with van der Waals surface area (Å²) >= 11 is 3.29. The molecule has 21 atom stereocenters. The number of halogens is 1. The number of primary amides is 2. The second-order valence-electron chi connectivity index (χ2n) is 28.7. The molecule has 42 nitrogen and oxygen atoms in total. The van der Waals surface area contributed by atoms with Crippen molar-refractivity contribution in [3.63, 3.8) is 0 Å². The smallest absolute Gasteiger partial charge is 0.251 e. The number of allylic oxidation sites excluding steroid dienone is 2. The first-order valence-corrected chi connectivity index (χ1v) is 38.2. The SMILES string of the molecule is CC(/C=C/c1ccccc1)=C\[C@H](O)[C@@H]1CC(=O)N[C@@H](CO)C(=O)N[C@@H]2CN3C=C(C[C@H](NC(=O)CCC[C@@H](C(=O)[O-])NC(=O)[C@H](O)CNC(=O)[C@H]([C@@H](C)c4ccc(Br)cc4)NC(=O)[C@H]([C@@H](O)C(N)=O)NC(=O)[C@H](CC(N)=O)NC2=O)C(=O)N[C@@H]([C@H](C)O)C(=O)N[C@@H](CO)C(=O)N[C@@H](Cc2ccccc2)C(=O)N1)[NH+]([C@H]1OC[C@@H](O)[C@@H](O)[C@@H]1O)C3. The van der Waals surface area contributed by atoms with Crippen LogP contribution < -0.4 is 85.3 Å². The highest BCUT2D eigenvalue weighted by atomic mass is 79.9. The molecular formula is C75H99BrN16O26. The molecular weight excluding hydrogens is 1620 g/mol. The molecule has 7 rings (SSSR count). The Labute approximate surface area is 682 Å². The molecule has 4 aliphatic heterocycles. The normalized spacial score (nSPS) is 29.2. The van der Waals surface area contributed by atoms with E-state index < -0.39 is 288 Å². The highest BCUT2D eigenvalue weighted by Gasteiger charge is 2.49. The zero-order valence-corrected chi connectivity index (χ0v) is 65.7. The number of aliphatic hydroxyl groups is 9. The Hall–Kier alpha value is -11.2. The standard InChI is InChI=1S/C75H99BrN16O26/c1-35(17-18-38-11-6-4-7-12-38)23-51(96)44-27-56(101)81-49(31-93)68(110)86-48-30-91-29-42(92(34-91)74-62(104)60(102)53(98)33-118-74)25-46(65(107)89-58(37(3)95)72(114)87-50(32-94)69(111)84-45(64(106)83-44)24-39-13-8-5-9-14-39)80-55(100)16-10-15-43(75(116)117)82-70(112)52(97)28-79-71(113)57(36(2)40-19-21-41(76)22-20-40)88-73(115)59(61(103)63(78)105)90-66(108)47(26-54(77)99)85-67(48)109/h4-9,11-14,17-23,29,36-37,43-53,57-62,74,93-98,102-104H,10,15-16,24-28,30-34H2,1-3H3,(H2,77,99)(H2,78,105)(H,79,113)(H,80,100)(H,81,101)(H,82,112)(H,83,106)(H,84,111)(H,85,109)(H,86,110)(H,87,114)(H,88,115)(H,89,107)(H,90,108)(H,116,117)/b18-17+,35-23+/t36-,37-,43-,44-,45-,46-,47-,48+,49-,50-,51-,52+,53+,57-,58-,59-,60+,61+,62-,74-/m0/s1. The van der Waals surface area contributed by atoms with Crippen LogP contribution in [0.25, 0.3) is 6.08 Å². The fourth-order valence-electron chi connectivity index (χ4n) is 13.0. The highest BCUT2D eigenvalue weighted by Crippen LogP contribution is 2.24. The molecule has 0 aliphatic carbocycles. The van der Waals surface area contributed by atoms with Crippen molar-refractivity contribution in [3.8, 4) is 0 Å². The van der Waals surface area contributed by atoms with Crippen LogP contribution in [-0.4, -0.2) is 295 Å². The number of fused-ring (bicyclic) bond motifs is 2. The van der Waals surface area contributed by atoms with Crippen molar-refractivity contribution in [1.29, 1.82) is 0 Å². The minimum atomic E-state index is -2.75. The molecule has 4 heterocycles. The number of carboxylic acid groups (broad SMARTS) is 1. The van der Waals surface area contributed by atoms with E-state index in [0.29, 0.717) is 21.2 Å². The third-order valence-electron chi connectivity index (χ3n) is 19.6. The first kappa shape index (κ1) is 93.9. The third kappa shape index (κ3) is 27.2. The lowest BCUT2D eigenvalue weighted by atomic mass is 9.92. The van der Waals surface area contributed by atoms with Gasteiger partial charge in [0.25, 0.3) is 5.91 Å². The van der Waals surface area contributed by atoms with Crippen LogP contribution in [0.4, 0.5) is 0 Å². The van der Waals surface area contributed by atoms with E-state index in [1.807, 2.05) is 10.6 Å². The highest BCUT2D eigenvalue weighted by molar-refractivity contribution is 9.10. The molecule has 3 aromatic rings. The molecule has 4 bridgehead atoms. The molecule has 0 aromatic heterocycles. The van der Waals surface area contributed by atoms with Gasteiger partial charge >= 0.3 is 0 Å². The molecule has 26 N–H and O–H groups in total. The Morgan fingerprint density at radius 3 is 1.83 bits per heavy atom. The molecule has 642 valence electrons. The summed E-state index contributed by atoms with van der Waals surface area (Å²) < 4.78 is 6.41. The first-order valence-electron chi connectivity index (χ1n) is 37.4. The predicted molar refractivity (Wildman–Crippen MR) is 410 cm³/mol. The number of carbonyl (C=O) groups is 15. The van der Waals surface area contributed by atoms with Crippen molar-refractivity contribution in [2.24, 2.45) is 11.5 Å². The van der Waals surface area contributed by atoms with E-state index >= 15 is 9.59 Å². The van der Waals surface area contributed by atoms with Crippen LogP contribution in [0.1, 0.15) is 81.9 Å². The summed E-state index contributed by atoms with van der Waals surface area (Å²) in [7, 11) is 0. The number of rotatable bonds is 17. The Morgan fingerprint density at radius 2 is 1.20 bits per heavy atom. The van der Waals surface area contributed by atoms with Crippen molar-refractivity contribution < 1.29 is 133 Å². The maximum Gasteiger partial charge on any atom is 0.251 e. The number of benzene rings is 3. The molecule has 0 radical (unpaired) electrons. The maximum atomic E-state index is 15.3. The van der Waals surface area contributed by atoms with E-state index in [2.05, 4.69) is 69.1 Å². The van der Waals surface area contributed by atoms with Crippen LogP contribution in [0.15, 0.2) is 119 Å². The van der Waals surface area contributed by atoms with Gasteiger partial charge in [0.2, 0.25) is 83.0 Å². The van der Waals surface area contributed by atoms with Crippen LogP contribution in [0, 0.1) is 0 Å². The summed E-state index contributed by atoms with van der Waals surface area (Å²) in [6.45, 7) is -1.96. The number of nitrogens with one attached hydrogen (secondary N) is 13. The predicted octanol–water partition coefficient (Wildman–Crippen LogP) is -12.1. The topological polar surface area (TPSA) is 674 Å². The molecule has 3 aromatic carbocycles. The van der Waals surface area contributed by atoms with Gasteiger partial charge in [-0.05, 0) is 55.5 Å². The van der Waals surface area contributed by atoms with Crippen molar-refractivity contribution >= 4 is 111 Å². The lowest BCUT2D eigenvalue weighted by Gasteiger charge is -2.38. The monoisotopic (exact) mass is 1720 g/mol. The fraction of sp³-hybridized carbons (Fsp3) is 0.480. The summed E-state index contributed by atoms with van der Waals surface area (Å²) in [5, 5.41) is 141. The van der Waals surface area contributed by atoms with Crippen LogP contribution in [0.3, 0.4) is 0 Å². The molecule has 1 unspecified atom stereocenters. The number of quaternary nitrogens is 1. The van der Waals surface area contributed by atoms with Crippen LogP contribution in [-0.2, 0) is 83.1 Å². The summed E-state index contributed by atoms with van der Waals surface area (Å²) in [6, 6.07) is -0.250. The zero-order valence-electron chi connectivity index (χ0n) is 64.1. The zero-order chi connectivity index (χ0) is 86.9. The number of nitrogens with zero attached hydrogens (tertiary/aromatic N) is 1. The lowest BCUT2D eigenvalue weighted by molar-refractivity contribution is -0.922. The van der Waals surface area contributed by atoms with Crippen molar-refractivity contribution in [2.45, 2.75) is 187 Å². The van der Waals surface area contributed by atoms with Crippen LogP contribution in [0.5, 0.6) is 0 Å². The largest absolute Gasteiger partial charge is 0.548 e. The quantitative estimate of drug-likeness (QED) is 0.0558. The van der Waals surface area contributed by atoms with E-state index in [1.165, 1.54) is 37.3 Å². The van der Waals surface area contributed by atoms with Gasteiger partial charge in [0, 0.05) is 29.7 Å². The second-order valence-corrected chi connectivity index (χ2v) is 29.6. The van der Waals surface area contributed by atoms with Gasteiger partial charge in [-0.25, -0.2) is 0 Å². The molecule has 43 heteroatoms. The van der Waals surface area contributed by atoms with E-state index in [0.717, 1.165) is 23.6 Å². The molecule has 1 fully saturated rings. The number of hydrogen-bond donors (Lipinski definition) is 24. The minimum absolute atomic E-state index is 0.154. The average molecular weight is 1720 g/mol. The van der Waals surface area contributed by atoms with Gasteiger partial charge in [0.15, 0.2) is 18.9 Å². The van der Waals surface area contributed by atoms with Gasteiger partial charge in [-0.3, -0.25) is 72.0 Å². The average Bonchev–Trinajstić information content (AvgIpc) is 1.60. The van der Waals surface area contributed by atoms with Crippen LogP contribution >= 0.6 is 15.9 Å². The number of nitrogens with two attached hydrogens (primary N) is 2. The summed E-state index contributed by atoms with van der Waals surface area (Å²) in [6.07, 6.45) is -16.2. The van der Waals surface area contributed by atoms with Crippen LogP contribution in [0.2, 0.25) is 0 Å². The maximum absolute atomic E-state index is 15.3. The summed E-state index contributed by atoms with van der Waals surface area (Å²) in [4.78, 5) is 215. The van der Waals surface area contributed by atoms with Crippen molar-refractivity contribution in [2.75, 3.05) is 39.6 Å². The second kappa shape index (κ2) is 44.4. The number of ether oxygens (including phenoxy) is 1. The van der Waals surface area contributed by atoms with Gasteiger partial charge in [-0.1, -0.05) is 119 Å².